The van der Waals surface area contributed by atoms with E-state index in [1.165, 1.54) is 12.1 Å². The van der Waals surface area contributed by atoms with Crippen molar-refractivity contribution in [3.8, 4) is 0 Å². The lowest BCUT2D eigenvalue weighted by atomic mass is 10.0. The van der Waals surface area contributed by atoms with Gasteiger partial charge >= 0.3 is 0 Å². The predicted octanol–water partition coefficient (Wildman–Crippen LogP) is 4.26. The molecule has 0 radical (unpaired) electrons. The molecule has 0 saturated carbocycles. The number of ketones is 1. The van der Waals surface area contributed by atoms with Crippen LogP contribution >= 0.6 is 58.0 Å². The highest BCUT2D eigenvalue weighted by atomic mass is 35.6. The topological polar surface area (TPSA) is 43.1 Å². The Morgan fingerprint density at radius 3 is 2.35 bits per heavy atom. The van der Waals surface area contributed by atoms with Crippen LogP contribution in [0.25, 0.3) is 0 Å². The maximum Gasteiger partial charge on any atom is 0.205 e. The first kappa shape index (κ1) is 15.4. The highest BCUT2D eigenvalue weighted by Gasteiger charge is 2.31. The van der Waals surface area contributed by atoms with E-state index in [2.05, 4.69) is 0 Å². The van der Waals surface area contributed by atoms with Crippen LogP contribution in [0.15, 0.2) is 18.2 Å². The number of carbonyl (C=O) groups is 1. The average molecular weight is 335 g/mol. The van der Waals surface area contributed by atoms with E-state index >= 15 is 0 Å². The molecule has 17 heavy (non-hydrogen) atoms. The lowest BCUT2D eigenvalue weighted by molar-refractivity contribution is 0.0975. The smallest absolute Gasteiger partial charge is 0.205 e. The van der Waals surface area contributed by atoms with E-state index in [9.17, 15) is 4.79 Å². The van der Waals surface area contributed by atoms with Crippen LogP contribution in [0.1, 0.15) is 16.8 Å². The lowest BCUT2D eigenvalue weighted by Crippen LogP contribution is -2.36. The van der Waals surface area contributed by atoms with Crippen molar-refractivity contribution in [1.82, 2.24) is 0 Å². The van der Waals surface area contributed by atoms with Crippen LogP contribution in [0.4, 0.5) is 0 Å². The number of rotatable bonds is 3. The molecule has 1 aromatic carbocycles. The number of Topliss-reactive ketones (excluding diaryl/α,β-unsaturated/α-hetero) is 1. The predicted molar refractivity (Wildman–Crippen MR) is 73.7 cm³/mol. The minimum atomic E-state index is -1.69. The Kier molecular flexibility index (Phi) is 5.39. The third kappa shape index (κ3) is 4.47. The monoisotopic (exact) mass is 333 g/mol. The summed E-state index contributed by atoms with van der Waals surface area (Å²) in [6.45, 7) is 0. The average Bonchev–Trinajstić information content (AvgIpc) is 2.15. The van der Waals surface area contributed by atoms with Gasteiger partial charge in [0.1, 0.15) is 0 Å². The molecule has 2 N–H and O–H groups in total. The van der Waals surface area contributed by atoms with Crippen molar-refractivity contribution < 1.29 is 4.79 Å². The second kappa shape index (κ2) is 5.96. The highest BCUT2D eigenvalue weighted by Crippen LogP contribution is 2.32. The van der Waals surface area contributed by atoms with Gasteiger partial charge in [-0.15, -0.1) is 0 Å². The van der Waals surface area contributed by atoms with Crippen LogP contribution in [0, 0.1) is 0 Å². The standard InChI is InChI=1S/C10H8Cl5NO/c11-5-1-2-6(7(12)3-5)8(17)4-9(16)10(13,14)15/h1-3,9H,4,16H2/t9-/m1/s1. The molecule has 1 atom stereocenters. The van der Waals surface area contributed by atoms with Crippen molar-refractivity contribution in [2.45, 2.75) is 16.3 Å². The normalized spacial score (nSPS) is 13.5. The van der Waals surface area contributed by atoms with Gasteiger partial charge in [0.05, 0.1) is 11.1 Å². The summed E-state index contributed by atoms with van der Waals surface area (Å²) in [6, 6.07) is 3.64. The Labute approximate surface area is 124 Å². The van der Waals surface area contributed by atoms with Crippen molar-refractivity contribution in [2.24, 2.45) is 5.73 Å². The molecule has 94 valence electrons. The van der Waals surface area contributed by atoms with Crippen LogP contribution in [0.5, 0.6) is 0 Å². The molecule has 0 aliphatic carbocycles. The molecular formula is C10H8Cl5NO. The zero-order valence-corrected chi connectivity index (χ0v) is 12.2. The Bertz CT molecular complexity index is 429. The van der Waals surface area contributed by atoms with Crippen LogP contribution in [0.2, 0.25) is 10.0 Å². The fourth-order valence-electron chi connectivity index (χ4n) is 1.14. The Morgan fingerprint density at radius 2 is 1.88 bits per heavy atom. The minimum absolute atomic E-state index is 0.113. The first-order valence-corrected chi connectivity index (χ1v) is 6.41. The van der Waals surface area contributed by atoms with E-state index in [4.69, 9.17) is 63.7 Å². The van der Waals surface area contributed by atoms with Crippen molar-refractivity contribution in [3.05, 3.63) is 33.8 Å². The number of halogens is 5. The van der Waals surface area contributed by atoms with Crippen LogP contribution < -0.4 is 5.73 Å². The maximum atomic E-state index is 11.9. The first-order chi connectivity index (χ1) is 7.71. The summed E-state index contributed by atoms with van der Waals surface area (Å²) in [6.07, 6.45) is -0.113. The van der Waals surface area contributed by atoms with E-state index in [1.54, 1.807) is 6.07 Å². The molecular weight excluding hydrogens is 327 g/mol. The number of hydrogen-bond donors (Lipinski definition) is 1. The third-order valence-electron chi connectivity index (χ3n) is 2.06. The molecule has 0 aliphatic heterocycles. The van der Waals surface area contributed by atoms with Crippen molar-refractivity contribution in [3.63, 3.8) is 0 Å². The summed E-state index contributed by atoms with van der Waals surface area (Å²) in [7, 11) is 0. The molecule has 0 amide bonds. The van der Waals surface area contributed by atoms with Gasteiger partial charge in [0.15, 0.2) is 5.78 Å². The van der Waals surface area contributed by atoms with Gasteiger partial charge < -0.3 is 5.73 Å². The molecule has 7 heteroatoms. The van der Waals surface area contributed by atoms with E-state index in [0.717, 1.165) is 0 Å². The van der Waals surface area contributed by atoms with E-state index < -0.39 is 9.83 Å². The fraction of sp³-hybridized carbons (Fsp3) is 0.300. The molecule has 1 rings (SSSR count). The van der Waals surface area contributed by atoms with Crippen LogP contribution in [0.3, 0.4) is 0 Å². The van der Waals surface area contributed by atoms with E-state index in [1.807, 2.05) is 0 Å². The number of carbonyl (C=O) groups excluding carboxylic acids is 1. The number of alkyl halides is 3. The van der Waals surface area contributed by atoms with Gasteiger partial charge in [0.25, 0.3) is 0 Å². The van der Waals surface area contributed by atoms with Gasteiger partial charge in [-0.05, 0) is 18.2 Å². The molecule has 0 heterocycles. The molecule has 0 fully saturated rings. The van der Waals surface area contributed by atoms with Gasteiger partial charge in [-0.25, -0.2) is 0 Å². The molecule has 0 aromatic heterocycles. The Balaban J connectivity index is 2.84. The van der Waals surface area contributed by atoms with Crippen LogP contribution in [-0.2, 0) is 0 Å². The molecule has 0 aliphatic rings. The number of nitrogens with two attached hydrogens (primary N) is 1. The summed E-state index contributed by atoms with van der Waals surface area (Å²) >= 11 is 28.3. The molecule has 1 aromatic rings. The molecule has 0 spiro atoms. The van der Waals surface area contributed by atoms with E-state index in [-0.39, 0.29) is 17.2 Å². The van der Waals surface area contributed by atoms with Crippen molar-refractivity contribution >= 4 is 63.8 Å². The SMILES string of the molecule is N[C@H](CC(=O)c1ccc(Cl)cc1Cl)C(Cl)(Cl)Cl. The summed E-state index contributed by atoms with van der Waals surface area (Å²) in [5.41, 5.74) is 5.89. The highest BCUT2D eigenvalue weighted by molar-refractivity contribution is 6.68. The van der Waals surface area contributed by atoms with Gasteiger partial charge in [0.2, 0.25) is 3.79 Å². The molecule has 0 saturated heterocycles. The van der Waals surface area contributed by atoms with Gasteiger partial charge in [0, 0.05) is 17.0 Å². The number of hydrogen-bond acceptors (Lipinski definition) is 2. The second-order valence-corrected chi connectivity index (χ2v) is 6.61. The summed E-state index contributed by atoms with van der Waals surface area (Å²) in [5, 5.41) is 0.691. The molecule has 0 bridgehead atoms. The zero-order chi connectivity index (χ0) is 13.2. The summed E-state index contributed by atoms with van der Waals surface area (Å²) in [5.74, 6) is -0.300. The van der Waals surface area contributed by atoms with Crippen molar-refractivity contribution in [1.29, 1.82) is 0 Å². The Hall–Kier alpha value is 0.300. The molecule has 0 unspecified atom stereocenters. The summed E-state index contributed by atoms with van der Waals surface area (Å²) in [4.78, 5) is 11.9. The molecule has 2 nitrogen and oxygen atoms in total. The van der Waals surface area contributed by atoms with E-state index in [0.29, 0.717) is 10.6 Å². The van der Waals surface area contributed by atoms with Crippen LogP contribution in [-0.4, -0.2) is 15.6 Å². The zero-order valence-electron chi connectivity index (χ0n) is 8.39. The first-order valence-electron chi connectivity index (χ1n) is 4.52. The maximum absolute atomic E-state index is 11.9. The fourth-order valence-corrected chi connectivity index (χ4v) is 1.89. The minimum Gasteiger partial charge on any atom is -0.324 e. The van der Waals surface area contributed by atoms with Crippen molar-refractivity contribution in [2.75, 3.05) is 0 Å². The second-order valence-electron chi connectivity index (χ2n) is 3.40. The summed E-state index contributed by atoms with van der Waals surface area (Å²) < 4.78 is -1.69. The largest absolute Gasteiger partial charge is 0.324 e. The Morgan fingerprint density at radius 1 is 1.29 bits per heavy atom. The van der Waals surface area contributed by atoms with Gasteiger partial charge in [-0.2, -0.15) is 0 Å². The number of benzene rings is 1. The lowest BCUT2D eigenvalue weighted by Gasteiger charge is -2.19. The van der Waals surface area contributed by atoms with Gasteiger partial charge in [-0.1, -0.05) is 58.0 Å². The quantitative estimate of drug-likeness (QED) is 0.662. The third-order valence-corrected chi connectivity index (χ3v) is 3.45. The van der Waals surface area contributed by atoms with Gasteiger partial charge in [-0.3, -0.25) is 4.79 Å².